The molecule has 783 valence electrons. The van der Waals surface area contributed by atoms with Crippen molar-refractivity contribution in [3.05, 3.63) is 432 Å². The van der Waals surface area contributed by atoms with Crippen LogP contribution in [0.25, 0.3) is 32.3 Å². The van der Waals surface area contributed by atoms with E-state index in [1.54, 1.807) is 86.5 Å². The largest absolute Gasteiger partial charge is 0 e. The van der Waals surface area contributed by atoms with E-state index in [0.29, 0.717) is 38.8 Å². The van der Waals surface area contributed by atoms with Gasteiger partial charge < -0.3 is 0 Å². The molecule has 3 fully saturated rings. The molecule has 0 aromatic heterocycles. The van der Waals surface area contributed by atoms with E-state index in [9.17, 15) is 59.7 Å². The van der Waals surface area contributed by atoms with Gasteiger partial charge in [0.1, 0.15) is 52.4 Å². The first-order valence-corrected chi connectivity index (χ1v) is 69.2. The Hall–Kier alpha value is -5.65. The number of para-hydroxylation sites is 2. The van der Waals surface area contributed by atoms with Crippen LogP contribution in [0, 0.1) is 230 Å². The molecule has 6 aliphatic rings. The number of hydrogen-bond acceptors (Lipinski definition) is 4. The van der Waals surface area contributed by atoms with Gasteiger partial charge in [-0.3, -0.25) is 20.2 Å². The number of non-ortho nitro benzene ring substituents is 2. The summed E-state index contributed by atoms with van der Waals surface area (Å²) in [6.07, 6.45) is 24.7. The third-order valence-corrected chi connectivity index (χ3v) is 28.1. The normalized spacial score (nSPS) is 17.2. The molecule has 0 spiro atoms. The number of benzene rings is 14. The molecule has 6 aliphatic carbocycles. The maximum Gasteiger partial charge on any atom is 0 e. The molecule has 0 N–H and O–H groups in total. The van der Waals surface area contributed by atoms with Crippen LogP contribution in [0.1, 0.15) is 249 Å². The second-order valence-corrected chi connectivity index (χ2v) is 41.6. The van der Waals surface area contributed by atoms with Crippen molar-refractivity contribution in [1.29, 1.82) is 0 Å². The quantitative estimate of drug-likeness (QED) is 0.0747. The van der Waals surface area contributed by atoms with Crippen LogP contribution in [-0.2, 0) is 60.9 Å². The van der Waals surface area contributed by atoms with Gasteiger partial charge in [-0.15, -0.1) is 0 Å². The Morgan fingerprint density at radius 2 is 0.573 bits per heavy atom. The zero-order valence-electron chi connectivity index (χ0n) is 93.9. The Morgan fingerprint density at radius 3 is 1.02 bits per heavy atom. The smallest absolute Gasteiger partial charge is 0 e. The zero-order valence-corrected chi connectivity index (χ0v) is 110. The Balaban J connectivity index is 0.000000417. The average Bonchev–Trinajstić information content (AvgIpc) is 0.798. The van der Waals surface area contributed by atoms with Gasteiger partial charge in [0.25, 0.3) is 11.4 Å². The Morgan fingerprint density at radius 1 is 0.253 bits per heavy atom. The summed E-state index contributed by atoms with van der Waals surface area (Å²) in [6, 6.07) is 73.9. The number of nitrogens with zero attached hydrogens (tertiary/aromatic N) is 2. The van der Waals surface area contributed by atoms with Crippen molar-refractivity contribution in [2.45, 2.75) is 274 Å². The predicted octanol–water partition coefficient (Wildman–Crippen LogP) is 35.5. The minimum atomic E-state index is -0.486. The first-order chi connectivity index (χ1) is 69.8. The maximum atomic E-state index is 13.6. The molecule has 22 heteroatoms. The van der Waals surface area contributed by atoms with Gasteiger partial charge in [-0.05, 0) is 354 Å². The number of halogens is 9. The summed E-state index contributed by atoms with van der Waals surface area (Å²) in [7, 11) is 0. The molecule has 0 heterocycles. The third-order valence-electron chi connectivity index (χ3n) is 28.1. The van der Waals surface area contributed by atoms with E-state index < -0.39 is 38.9 Å². The molecule has 0 bridgehead atoms. The second kappa shape index (κ2) is 72.4. The van der Waals surface area contributed by atoms with E-state index in [0.717, 1.165) is 130 Å². The van der Waals surface area contributed by atoms with E-state index in [1.807, 2.05) is 76.2 Å². The summed E-state index contributed by atoms with van der Waals surface area (Å²) in [4.78, 5) is 19.2. The third kappa shape index (κ3) is 48.0. The number of fused-ring (bicyclic) bond motifs is 7. The SMILES string of the molecule is CC1CCC(C)CC1.CC1CCC2CC(C)CCC2C1.Cc1c(F)cc2c(c1F)CCC(C)C2.Cc1cc(F)c(C)c(F)c1.Cc1ccc(C)c(F)c1.Cc1ccc(C)cc1.Cc1ccc2c(F)c(C)c(F)cc2c1.Cc1ccc2c(F)c(C)ccc2c1.Cc1ccc2c(c1)CCC(C)C2.Cc1ccc2c(c1F)CCC(C)C2.Cc1ccc2cc(C)ccc2c1.O=[N+]([O-])c1ccccc1.O=[N+]([O-])c1ccccc1.[Na][Na].[Na][Na].[Ta].[Te].[Te]. The van der Waals surface area contributed by atoms with Gasteiger partial charge in [0.05, 0.1) is 9.85 Å². The minimum Gasteiger partial charge on any atom is 0 e. The molecular weight excluding hydrogens is 2330 g/mol. The molecule has 20 rings (SSSR count). The zero-order chi connectivity index (χ0) is 109. The van der Waals surface area contributed by atoms with Crippen molar-refractivity contribution in [2.24, 2.45) is 53.3 Å². The van der Waals surface area contributed by atoms with Crippen LogP contribution in [0.2, 0.25) is 0 Å². The molecule has 0 aliphatic heterocycles. The molecule has 5 radical (unpaired) electrons. The fourth-order valence-electron chi connectivity index (χ4n) is 18.9. The number of nitro groups is 2. The number of hydrogen-bond donors (Lipinski definition) is 0. The van der Waals surface area contributed by atoms with Crippen LogP contribution in [-0.4, -0.2) is 144 Å². The van der Waals surface area contributed by atoms with Gasteiger partial charge in [0.15, 0.2) is 0 Å². The molecule has 14 aromatic carbocycles. The summed E-state index contributed by atoms with van der Waals surface area (Å²) >= 11 is 5.78. The van der Waals surface area contributed by atoms with Crippen LogP contribution in [0.3, 0.4) is 0 Å². The second-order valence-electron chi connectivity index (χ2n) is 41.6. The molecule has 3 saturated carbocycles. The molecule has 0 saturated heterocycles. The van der Waals surface area contributed by atoms with E-state index in [2.05, 4.69) is 168 Å². The number of nitro benzene ring substituents is 2. The Bertz CT molecular complexity index is 6320. The van der Waals surface area contributed by atoms with Gasteiger partial charge in [0.2, 0.25) is 0 Å². The first kappa shape index (κ1) is 138. The van der Waals surface area contributed by atoms with Crippen LogP contribution in [0.15, 0.2) is 243 Å². The molecule has 7 atom stereocenters. The monoisotopic (exact) mass is 2490 g/mol. The molecule has 6 nitrogen and oxygen atoms in total. The van der Waals surface area contributed by atoms with Crippen molar-refractivity contribution >= 4 is 178 Å². The Kier molecular flexibility index (Phi) is 66.8. The predicted molar refractivity (Wildman–Crippen MR) is 615 cm³/mol. The summed E-state index contributed by atoms with van der Waals surface area (Å²) in [5.74, 6) is 5.67. The van der Waals surface area contributed by atoms with E-state index >= 15 is 0 Å². The summed E-state index contributed by atoms with van der Waals surface area (Å²) in [5.41, 5.74) is 20.2. The maximum absolute atomic E-state index is 13.6. The van der Waals surface area contributed by atoms with Gasteiger partial charge in [0, 0.05) is 121 Å². The topological polar surface area (TPSA) is 86.3 Å². The van der Waals surface area contributed by atoms with Crippen LogP contribution < -0.4 is 0 Å². The van der Waals surface area contributed by atoms with E-state index in [1.165, 1.54) is 290 Å². The van der Waals surface area contributed by atoms with Crippen molar-refractivity contribution in [1.82, 2.24) is 0 Å². The summed E-state index contributed by atoms with van der Waals surface area (Å²) < 4.78 is 119. The van der Waals surface area contributed by atoms with E-state index in [4.69, 9.17) is 0 Å². The number of aryl methyl sites for hydroxylation is 13. The van der Waals surface area contributed by atoms with Crippen molar-refractivity contribution in [3.63, 3.8) is 0 Å². The van der Waals surface area contributed by atoms with Gasteiger partial charge in [-0.1, -0.05) is 314 Å². The standard InChI is InChI=1S/C12H14F2.C12H10F2.C12H15F.C12H11F.C12H22.C12H16.C12H12.C8H8F2.C8H9F.C8H16.C8H10.2C6H5NO2.4Na.Ta.2Te/c2*1-7-3-4-10-9(5-7)6-11(13)8(2)12(10)14;2*1-8-3-6-11-10(7-8)5-4-9(2)12(11)13;3*1-9-3-5-12-8-10(2)4-6-11(12)7-9;1-5-3-7(9)6(2)8(10)4-5;1-6-3-4-7(2)8(9)5-6;2*1-7-3-5-8(2)6-4-7;2*8-7(9)6-4-2-1-3-5-6;;;;;;;/h6-7H,3-5H2,1-2H3;3-6H,1-2H3;4-5,8H,3,6-7H2,1-2H3;3-7H,1-2H3;9-12H,3-8H2,1-2H3;3,5,7,10H,4,6,8H2,1-2H3;3-8H,1-2H3;3-4H,1-2H3;3-5H,1-2H3;7-8H,3-6H2,1-2H3;3-6H,1-2H3;2*1-5H;;;;;;;. The van der Waals surface area contributed by atoms with Gasteiger partial charge in [-0.25, -0.2) is 39.5 Å². The van der Waals surface area contributed by atoms with Gasteiger partial charge in [-0.2, -0.15) is 0 Å². The van der Waals surface area contributed by atoms with Crippen molar-refractivity contribution in [3.8, 4) is 0 Å². The fourth-order valence-corrected chi connectivity index (χ4v) is 18.9. The van der Waals surface area contributed by atoms with E-state index in [-0.39, 0.29) is 121 Å². The summed E-state index contributed by atoms with van der Waals surface area (Å²) in [6.45, 7) is 44.1. The number of rotatable bonds is 2. The fraction of sp³-hybridized carbons (Fsp3) is 0.391. The molecular formula is C128H153F9N2Na4O4TaTe2. The summed E-state index contributed by atoms with van der Waals surface area (Å²) in [5, 5.41) is 25.5. The van der Waals surface area contributed by atoms with Crippen LogP contribution >= 0.6 is 0 Å². The molecule has 150 heavy (non-hydrogen) atoms. The Labute approximate surface area is 997 Å². The molecule has 7 unspecified atom stereocenters. The average molecular weight is 2480 g/mol. The van der Waals surface area contributed by atoms with Gasteiger partial charge >= 0.3 is 87.2 Å². The van der Waals surface area contributed by atoms with Crippen molar-refractivity contribution in [2.75, 3.05) is 0 Å². The molecule has 14 aromatic rings. The first-order valence-electron chi connectivity index (χ1n) is 53.2. The van der Waals surface area contributed by atoms with Crippen LogP contribution in [0.5, 0.6) is 0 Å². The molecule has 0 amide bonds. The minimum absolute atomic E-state index is 0. The van der Waals surface area contributed by atoms with Crippen molar-refractivity contribution < 1.29 is 71.7 Å². The van der Waals surface area contributed by atoms with Crippen LogP contribution in [0.4, 0.5) is 50.9 Å².